The topological polar surface area (TPSA) is 66.0 Å². The Morgan fingerprint density at radius 3 is 2.85 bits per heavy atom. The number of nitrogens with zero attached hydrogens (tertiary/aromatic N) is 4. The van der Waals surface area contributed by atoms with E-state index < -0.39 is 0 Å². The predicted octanol–water partition coefficient (Wildman–Crippen LogP) is 3.09. The van der Waals surface area contributed by atoms with Gasteiger partial charge < -0.3 is 15.5 Å². The van der Waals surface area contributed by atoms with E-state index in [1.807, 2.05) is 24.5 Å². The van der Waals surface area contributed by atoms with Crippen LogP contribution in [0.25, 0.3) is 11.0 Å². The van der Waals surface area contributed by atoms with Gasteiger partial charge in [-0.05, 0) is 30.7 Å². The van der Waals surface area contributed by atoms with E-state index in [2.05, 4.69) is 43.5 Å². The molecule has 0 saturated carbocycles. The van der Waals surface area contributed by atoms with Crippen LogP contribution in [-0.2, 0) is 6.54 Å². The fourth-order valence-corrected chi connectivity index (χ4v) is 3.55. The van der Waals surface area contributed by atoms with Crippen LogP contribution in [0.15, 0.2) is 43.0 Å². The van der Waals surface area contributed by atoms with Gasteiger partial charge >= 0.3 is 0 Å². The van der Waals surface area contributed by atoms with Gasteiger partial charge in [-0.1, -0.05) is 11.6 Å². The highest BCUT2D eigenvalue weighted by molar-refractivity contribution is 6.32. The van der Waals surface area contributed by atoms with Crippen molar-refractivity contribution in [3.63, 3.8) is 0 Å². The molecule has 1 atom stereocenters. The Bertz CT molecular complexity index is 915. The van der Waals surface area contributed by atoms with Crippen LogP contribution >= 0.6 is 11.6 Å². The molecule has 7 heteroatoms. The summed E-state index contributed by atoms with van der Waals surface area (Å²) in [4.78, 5) is 15.4. The molecule has 1 fully saturated rings. The Hall–Kier alpha value is -2.44. The third kappa shape index (κ3) is 3.43. The van der Waals surface area contributed by atoms with Gasteiger partial charge in [0.05, 0.1) is 28.6 Å². The van der Waals surface area contributed by atoms with E-state index in [0.29, 0.717) is 17.6 Å². The molecule has 2 N–H and O–H groups in total. The maximum absolute atomic E-state index is 6.44. The van der Waals surface area contributed by atoms with Crippen LogP contribution in [0.1, 0.15) is 12.5 Å². The Labute approximate surface area is 157 Å². The van der Waals surface area contributed by atoms with E-state index in [1.165, 1.54) is 5.69 Å². The highest BCUT2D eigenvalue weighted by Crippen LogP contribution is 2.29. The lowest BCUT2D eigenvalue weighted by Gasteiger charge is -2.37. The van der Waals surface area contributed by atoms with Gasteiger partial charge in [0, 0.05) is 55.8 Å². The second-order valence-corrected chi connectivity index (χ2v) is 6.89. The zero-order valence-electron chi connectivity index (χ0n) is 14.6. The standard InChI is InChI=1S/C19H21ClN6/c1-13-10-22-6-7-26(13)19-2-3-21-12-18(19)25-11-14-8-16-17(9-15(14)20)24-5-4-23-16/h2-5,8-9,12-13,22,25H,6-7,10-11H2,1H3. The lowest BCUT2D eigenvalue weighted by atomic mass is 10.1. The normalized spacial score (nSPS) is 17.5. The predicted molar refractivity (Wildman–Crippen MR) is 106 cm³/mol. The third-order valence-corrected chi connectivity index (χ3v) is 5.07. The van der Waals surface area contributed by atoms with Crippen LogP contribution in [0.4, 0.5) is 11.4 Å². The Morgan fingerprint density at radius 2 is 2.04 bits per heavy atom. The SMILES string of the molecule is CC1CNCCN1c1ccncc1NCc1cc2nccnc2cc1Cl. The summed E-state index contributed by atoms with van der Waals surface area (Å²) in [7, 11) is 0. The van der Waals surface area contributed by atoms with Crippen molar-refractivity contribution in [3.05, 3.63) is 53.6 Å². The van der Waals surface area contributed by atoms with Crippen LogP contribution in [0.5, 0.6) is 0 Å². The number of hydrogen-bond acceptors (Lipinski definition) is 6. The molecule has 0 amide bonds. The average molecular weight is 369 g/mol. The number of fused-ring (bicyclic) bond motifs is 1. The van der Waals surface area contributed by atoms with Crippen molar-refractivity contribution >= 4 is 34.0 Å². The van der Waals surface area contributed by atoms with E-state index in [0.717, 1.165) is 41.9 Å². The first-order valence-corrected chi connectivity index (χ1v) is 9.14. The number of benzene rings is 1. The first-order valence-electron chi connectivity index (χ1n) is 8.77. The molecule has 0 aliphatic carbocycles. The first kappa shape index (κ1) is 17.0. The molecule has 1 saturated heterocycles. The molecule has 6 nitrogen and oxygen atoms in total. The van der Waals surface area contributed by atoms with Crippen LogP contribution in [0, 0.1) is 0 Å². The van der Waals surface area contributed by atoms with Gasteiger partial charge in [0.1, 0.15) is 0 Å². The van der Waals surface area contributed by atoms with Crippen molar-refractivity contribution in [1.29, 1.82) is 0 Å². The monoisotopic (exact) mass is 368 g/mol. The van der Waals surface area contributed by atoms with Crippen LogP contribution < -0.4 is 15.5 Å². The minimum Gasteiger partial charge on any atom is -0.378 e. The Morgan fingerprint density at radius 1 is 1.23 bits per heavy atom. The van der Waals surface area contributed by atoms with Gasteiger partial charge in [-0.15, -0.1) is 0 Å². The van der Waals surface area contributed by atoms with E-state index in [9.17, 15) is 0 Å². The van der Waals surface area contributed by atoms with Gasteiger partial charge in [0.25, 0.3) is 0 Å². The lowest BCUT2D eigenvalue weighted by Crippen LogP contribution is -2.50. The number of hydrogen-bond donors (Lipinski definition) is 2. The molecule has 134 valence electrons. The van der Waals surface area contributed by atoms with Crippen molar-refractivity contribution in [3.8, 4) is 0 Å². The van der Waals surface area contributed by atoms with Crippen molar-refractivity contribution in [2.45, 2.75) is 19.5 Å². The first-order chi connectivity index (χ1) is 12.7. The molecule has 4 rings (SSSR count). The average Bonchev–Trinajstić information content (AvgIpc) is 2.67. The smallest absolute Gasteiger partial charge is 0.0901 e. The molecule has 0 radical (unpaired) electrons. The van der Waals surface area contributed by atoms with E-state index >= 15 is 0 Å². The summed E-state index contributed by atoms with van der Waals surface area (Å²) in [5.74, 6) is 0. The maximum atomic E-state index is 6.44. The molecule has 1 unspecified atom stereocenters. The summed E-state index contributed by atoms with van der Waals surface area (Å²) < 4.78 is 0. The van der Waals surface area contributed by atoms with Gasteiger partial charge in [-0.2, -0.15) is 0 Å². The van der Waals surface area contributed by atoms with Crippen molar-refractivity contribution in [2.24, 2.45) is 0 Å². The number of anilines is 2. The Kier molecular flexibility index (Phi) is 4.86. The molecular weight excluding hydrogens is 348 g/mol. The van der Waals surface area contributed by atoms with Gasteiger partial charge in [-0.25, -0.2) is 0 Å². The van der Waals surface area contributed by atoms with E-state index in [1.54, 1.807) is 12.4 Å². The van der Waals surface area contributed by atoms with Gasteiger partial charge in [-0.3, -0.25) is 15.0 Å². The number of rotatable bonds is 4. The van der Waals surface area contributed by atoms with Gasteiger partial charge in [0.2, 0.25) is 0 Å². The minimum atomic E-state index is 0.436. The van der Waals surface area contributed by atoms with Gasteiger partial charge in [0.15, 0.2) is 0 Å². The van der Waals surface area contributed by atoms with Crippen molar-refractivity contribution in [1.82, 2.24) is 20.3 Å². The maximum Gasteiger partial charge on any atom is 0.0901 e. The fraction of sp³-hybridized carbons (Fsp3) is 0.316. The van der Waals surface area contributed by atoms with Crippen LogP contribution in [0.3, 0.4) is 0 Å². The fourth-order valence-electron chi connectivity index (χ4n) is 3.33. The molecule has 1 aromatic carbocycles. The summed E-state index contributed by atoms with van der Waals surface area (Å²) in [5.41, 5.74) is 4.82. The third-order valence-electron chi connectivity index (χ3n) is 4.72. The molecule has 26 heavy (non-hydrogen) atoms. The minimum absolute atomic E-state index is 0.436. The number of halogens is 1. The highest BCUT2D eigenvalue weighted by atomic mass is 35.5. The summed E-state index contributed by atoms with van der Waals surface area (Å²) in [6.07, 6.45) is 7.08. The second-order valence-electron chi connectivity index (χ2n) is 6.48. The summed E-state index contributed by atoms with van der Waals surface area (Å²) in [6, 6.07) is 6.36. The molecule has 0 bridgehead atoms. The lowest BCUT2D eigenvalue weighted by molar-refractivity contribution is 0.501. The van der Waals surface area contributed by atoms with Crippen molar-refractivity contribution < 1.29 is 0 Å². The largest absolute Gasteiger partial charge is 0.378 e. The van der Waals surface area contributed by atoms with Crippen LogP contribution in [-0.4, -0.2) is 40.6 Å². The molecule has 0 spiro atoms. The van der Waals surface area contributed by atoms with Crippen LogP contribution in [0.2, 0.25) is 5.02 Å². The molecule has 3 heterocycles. The number of piperazine rings is 1. The molecule has 1 aliphatic rings. The Balaban J connectivity index is 1.58. The molecular formula is C19H21ClN6. The van der Waals surface area contributed by atoms with Crippen molar-refractivity contribution in [2.75, 3.05) is 29.9 Å². The molecule has 1 aliphatic heterocycles. The number of pyridine rings is 1. The van der Waals surface area contributed by atoms with E-state index in [4.69, 9.17) is 11.6 Å². The summed E-state index contributed by atoms with van der Waals surface area (Å²) in [6.45, 7) is 5.78. The zero-order valence-corrected chi connectivity index (χ0v) is 15.4. The second kappa shape index (κ2) is 7.43. The molecule has 2 aromatic heterocycles. The summed E-state index contributed by atoms with van der Waals surface area (Å²) >= 11 is 6.44. The number of nitrogens with one attached hydrogen (secondary N) is 2. The molecule has 3 aromatic rings. The summed E-state index contributed by atoms with van der Waals surface area (Å²) in [5, 5.41) is 7.61. The highest BCUT2D eigenvalue weighted by Gasteiger charge is 2.20. The quantitative estimate of drug-likeness (QED) is 0.737. The van der Waals surface area contributed by atoms with E-state index in [-0.39, 0.29) is 0 Å². The number of aromatic nitrogens is 3. The zero-order chi connectivity index (χ0) is 17.9.